The number of aromatic nitrogens is 1. The Morgan fingerprint density at radius 2 is 2.22 bits per heavy atom. The molecule has 1 aromatic rings. The van der Waals surface area contributed by atoms with Crippen LogP contribution in [0.25, 0.3) is 0 Å². The van der Waals surface area contributed by atoms with E-state index in [4.69, 9.17) is 0 Å². The summed E-state index contributed by atoms with van der Waals surface area (Å²) in [6, 6.07) is 1.77. The highest BCUT2D eigenvalue weighted by Crippen LogP contribution is 2.22. The third kappa shape index (κ3) is 2.76. The number of carbonyl (C=O) groups excluding carboxylic acids is 1. The zero-order valence-electron chi connectivity index (χ0n) is 10.4. The first kappa shape index (κ1) is 12.8. The summed E-state index contributed by atoms with van der Waals surface area (Å²) in [5.74, 6) is -0.0995. The van der Waals surface area contributed by atoms with Crippen LogP contribution in [0.15, 0.2) is 12.3 Å². The van der Waals surface area contributed by atoms with Crippen molar-refractivity contribution in [1.82, 2.24) is 9.88 Å². The first-order valence-electron chi connectivity index (χ1n) is 6.14. The van der Waals surface area contributed by atoms with Crippen molar-refractivity contribution in [2.45, 2.75) is 31.7 Å². The highest BCUT2D eigenvalue weighted by Gasteiger charge is 2.22. The Morgan fingerprint density at radius 1 is 1.56 bits per heavy atom. The van der Waals surface area contributed by atoms with E-state index < -0.39 is 4.92 Å². The van der Waals surface area contributed by atoms with Gasteiger partial charge in [-0.3, -0.25) is 19.8 Å². The fourth-order valence-corrected chi connectivity index (χ4v) is 2.44. The normalized spacial score (nSPS) is 16.3. The molecule has 1 heterocycles. The lowest BCUT2D eigenvalue weighted by Gasteiger charge is -2.22. The summed E-state index contributed by atoms with van der Waals surface area (Å²) in [5, 5.41) is 10.5. The van der Waals surface area contributed by atoms with E-state index in [1.54, 1.807) is 0 Å². The van der Waals surface area contributed by atoms with Crippen LogP contribution in [0.4, 0.5) is 5.69 Å². The van der Waals surface area contributed by atoms with E-state index in [-0.39, 0.29) is 11.5 Å². The SMILES string of the molecule is CN(CC(=O)c1cc([N+](=O)[O-])c[nH]1)C1CCCC1. The Kier molecular flexibility index (Phi) is 3.76. The lowest BCUT2D eigenvalue weighted by molar-refractivity contribution is -0.384. The number of likely N-dealkylation sites (N-methyl/N-ethyl adjacent to an activating group) is 1. The van der Waals surface area contributed by atoms with Gasteiger partial charge in [0.2, 0.25) is 0 Å². The lowest BCUT2D eigenvalue weighted by Crippen LogP contribution is -2.34. The van der Waals surface area contributed by atoms with Crippen LogP contribution in [0.1, 0.15) is 36.2 Å². The Labute approximate surface area is 105 Å². The number of rotatable bonds is 5. The molecular formula is C12H17N3O3. The first-order valence-corrected chi connectivity index (χ1v) is 6.14. The summed E-state index contributed by atoms with van der Waals surface area (Å²) in [5.41, 5.74) is 0.244. The third-order valence-electron chi connectivity index (χ3n) is 3.52. The van der Waals surface area contributed by atoms with E-state index in [2.05, 4.69) is 4.98 Å². The van der Waals surface area contributed by atoms with Crippen molar-refractivity contribution < 1.29 is 9.72 Å². The zero-order valence-corrected chi connectivity index (χ0v) is 10.4. The molecule has 1 aliphatic carbocycles. The number of nitro groups is 1. The molecule has 0 aromatic carbocycles. The van der Waals surface area contributed by atoms with Crippen LogP contribution in [0.2, 0.25) is 0 Å². The monoisotopic (exact) mass is 251 g/mol. The van der Waals surface area contributed by atoms with E-state index in [0.717, 1.165) is 12.8 Å². The molecule has 1 saturated carbocycles. The van der Waals surface area contributed by atoms with Crippen molar-refractivity contribution in [2.75, 3.05) is 13.6 Å². The highest BCUT2D eigenvalue weighted by molar-refractivity contribution is 5.96. The smallest absolute Gasteiger partial charge is 0.287 e. The van der Waals surface area contributed by atoms with Crippen LogP contribution in [-0.2, 0) is 0 Å². The van der Waals surface area contributed by atoms with Crippen LogP contribution >= 0.6 is 0 Å². The predicted molar refractivity (Wildman–Crippen MR) is 66.7 cm³/mol. The molecule has 1 N–H and O–H groups in total. The van der Waals surface area contributed by atoms with Crippen LogP contribution in [-0.4, -0.2) is 40.2 Å². The molecule has 0 amide bonds. The number of carbonyl (C=O) groups is 1. The molecule has 0 unspecified atom stereocenters. The minimum Gasteiger partial charge on any atom is -0.353 e. The van der Waals surface area contributed by atoms with Gasteiger partial charge < -0.3 is 4.98 Å². The van der Waals surface area contributed by atoms with Crippen molar-refractivity contribution in [3.63, 3.8) is 0 Å². The maximum Gasteiger partial charge on any atom is 0.287 e. The molecule has 18 heavy (non-hydrogen) atoms. The molecule has 2 rings (SSSR count). The van der Waals surface area contributed by atoms with Gasteiger partial charge in [0.1, 0.15) is 0 Å². The van der Waals surface area contributed by atoms with Gasteiger partial charge >= 0.3 is 0 Å². The number of H-pyrrole nitrogens is 1. The van der Waals surface area contributed by atoms with Gasteiger partial charge in [-0.1, -0.05) is 12.8 Å². The highest BCUT2D eigenvalue weighted by atomic mass is 16.6. The number of hydrogen-bond donors (Lipinski definition) is 1. The minimum absolute atomic E-state index is 0.0677. The maximum absolute atomic E-state index is 12.0. The number of ketones is 1. The molecule has 6 nitrogen and oxygen atoms in total. The van der Waals surface area contributed by atoms with Gasteiger partial charge in [-0.25, -0.2) is 0 Å². The Bertz CT molecular complexity index is 449. The fraction of sp³-hybridized carbons (Fsp3) is 0.583. The van der Waals surface area contributed by atoms with Crippen LogP contribution in [0.3, 0.4) is 0 Å². The number of nitrogens with zero attached hydrogens (tertiary/aromatic N) is 2. The molecular weight excluding hydrogens is 234 g/mol. The van der Waals surface area contributed by atoms with Gasteiger partial charge in [0.05, 0.1) is 23.4 Å². The summed E-state index contributed by atoms with van der Waals surface area (Å²) in [6.45, 7) is 0.308. The number of hydrogen-bond acceptors (Lipinski definition) is 4. The van der Waals surface area contributed by atoms with E-state index in [0.29, 0.717) is 18.3 Å². The maximum atomic E-state index is 12.0. The van der Waals surface area contributed by atoms with E-state index in [1.165, 1.54) is 25.1 Å². The summed E-state index contributed by atoms with van der Waals surface area (Å²) in [4.78, 5) is 26.7. The van der Waals surface area contributed by atoms with Crippen molar-refractivity contribution in [3.05, 3.63) is 28.1 Å². The fourth-order valence-electron chi connectivity index (χ4n) is 2.44. The second kappa shape index (κ2) is 5.30. The van der Waals surface area contributed by atoms with Crippen LogP contribution in [0.5, 0.6) is 0 Å². The quantitative estimate of drug-likeness (QED) is 0.493. The molecule has 1 fully saturated rings. The molecule has 0 atom stereocenters. The molecule has 1 aliphatic rings. The minimum atomic E-state index is -0.506. The molecule has 0 radical (unpaired) electrons. The van der Waals surface area contributed by atoms with Gasteiger partial charge in [0, 0.05) is 12.1 Å². The van der Waals surface area contributed by atoms with E-state index in [1.807, 2.05) is 11.9 Å². The van der Waals surface area contributed by atoms with Gasteiger partial charge in [-0.2, -0.15) is 0 Å². The number of nitrogens with one attached hydrogen (secondary N) is 1. The number of Topliss-reactive ketones (excluding diaryl/α,β-unsaturated/α-hetero) is 1. The van der Waals surface area contributed by atoms with Crippen LogP contribution < -0.4 is 0 Å². The summed E-state index contributed by atoms with van der Waals surface area (Å²) >= 11 is 0. The largest absolute Gasteiger partial charge is 0.353 e. The predicted octanol–water partition coefficient (Wildman–Crippen LogP) is 1.98. The standard InChI is InChI=1S/C12H17N3O3/c1-14(9-4-2-3-5-9)8-12(16)11-6-10(7-13-11)15(17)18/h6-7,9,13H,2-5,8H2,1H3. The molecule has 0 saturated heterocycles. The molecule has 0 aliphatic heterocycles. The Hall–Kier alpha value is -1.69. The van der Waals surface area contributed by atoms with Gasteiger partial charge in [0.25, 0.3) is 5.69 Å². The van der Waals surface area contributed by atoms with Gasteiger partial charge in [-0.15, -0.1) is 0 Å². The molecule has 0 spiro atoms. The van der Waals surface area contributed by atoms with E-state index >= 15 is 0 Å². The summed E-state index contributed by atoms with van der Waals surface area (Å²) in [7, 11) is 1.94. The molecule has 0 bridgehead atoms. The Balaban J connectivity index is 1.95. The average Bonchev–Trinajstić information content (AvgIpc) is 3.00. The average molecular weight is 251 g/mol. The van der Waals surface area contributed by atoms with Gasteiger partial charge in [0.15, 0.2) is 5.78 Å². The van der Waals surface area contributed by atoms with Crippen LogP contribution in [0, 0.1) is 10.1 Å². The summed E-state index contributed by atoms with van der Waals surface area (Å²) in [6.07, 6.45) is 5.96. The van der Waals surface area contributed by atoms with Crippen molar-refractivity contribution in [1.29, 1.82) is 0 Å². The molecule has 1 aromatic heterocycles. The lowest BCUT2D eigenvalue weighted by atomic mass is 10.2. The summed E-state index contributed by atoms with van der Waals surface area (Å²) < 4.78 is 0. The second-order valence-corrected chi connectivity index (χ2v) is 4.81. The van der Waals surface area contributed by atoms with E-state index in [9.17, 15) is 14.9 Å². The first-order chi connectivity index (χ1) is 8.58. The molecule has 6 heteroatoms. The Morgan fingerprint density at radius 3 is 2.78 bits per heavy atom. The number of aromatic amines is 1. The van der Waals surface area contributed by atoms with Gasteiger partial charge in [-0.05, 0) is 19.9 Å². The topological polar surface area (TPSA) is 79.2 Å². The zero-order chi connectivity index (χ0) is 13.1. The van der Waals surface area contributed by atoms with Crippen molar-refractivity contribution in [3.8, 4) is 0 Å². The molecule has 98 valence electrons. The van der Waals surface area contributed by atoms with Crippen molar-refractivity contribution in [2.24, 2.45) is 0 Å². The van der Waals surface area contributed by atoms with Crippen molar-refractivity contribution >= 4 is 11.5 Å². The third-order valence-corrected chi connectivity index (χ3v) is 3.52. The second-order valence-electron chi connectivity index (χ2n) is 4.81.